The first-order valence-electron chi connectivity index (χ1n) is 14.2. The predicted octanol–water partition coefficient (Wildman–Crippen LogP) is 9.68. The molecule has 2 aromatic carbocycles. The van der Waals surface area contributed by atoms with Crippen molar-refractivity contribution in [2.75, 3.05) is 0 Å². The molecule has 1 aliphatic rings. The molecule has 0 spiro atoms. The Morgan fingerprint density at radius 1 is 0.914 bits per heavy atom. The lowest BCUT2D eigenvalue weighted by atomic mass is 9.71. The van der Waals surface area contributed by atoms with Crippen LogP contribution >= 0.6 is 0 Å². The largest absolute Gasteiger partial charge is 0.423 e. The average molecular weight is 475 g/mol. The van der Waals surface area contributed by atoms with E-state index in [0.717, 1.165) is 18.8 Å². The number of rotatable bonds is 14. The van der Waals surface area contributed by atoms with E-state index in [1.165, 1.54) is 81.8 Å². The Kier molecular flexibility index (Phi) is 11.6. The van der Waals surface area contributed by atoms with Gasteiger partial charge in [-0.15, -0.1) is 6.58 Å². The van der Waals surface area contributed by atoms with E-state index in [4.69, 9.17) is 4.74 Å². The van der Waals surface area contributed by atoms with Crippen LogP contribution in [0.5, 0.6) is 5.75 Å². The van der Waals surface area contributed by atoms with E-state index in [0.29, 0.717) is 23.1 Å². The topological polar surface area (TPSA) is 26.3 Å². The van der Waals surface area contributed by atoms with E-state index in [1.807, 2.05) is 24.3 Å². The maximum absolute atomic E-state index is 12.7. The fraction of sp³-hybridized carbons (Fsp3) is 0.545. The van der Waals surface area contributed by atoms with Gasteiger partial charge in [0.2, 0.25) is 0 Å². The molecular weight excluding hydrogens is 428 g/mol. The first-order valence-corrected chi connectivity index (χ1v) is 14.2. The monoisotopic (exact) mass is 474 g/mol. The van der Waals surface area contributed by atoms with Crippen LogP contribution in [0, 0.1) is 11.8 Å². The molecule has 3 rings (SSSR count). The zero-order valence-electron chi connectivity index (χ0n) is 22.1. The highest BCUT2D eigenvalue weighted by Crippen LogP contribution is 2.41. The molecule has 0 bridgehead atoms. The maximum atomic E-state index is 12.7. The summed E-state index contributed by atoms with van der Waals surface area (Å²) in [5.74, 6) is 2.45. The summed E-state index contributed by atoms with van der Waals surface area (Å²) >= 11 is 0. The summed E-state index contributed by atoms with van der Waals surface area (Å²) in [6.07, 6.45) is 18.7. The second-order valence-electron chi connectivity index (χ2n) is 10.5. The van der Waals surface area contributed by atoms with Gasteiger partial charge in [0, 0.05) is 0 Å². The number of hydrogen-bond donors (Lipinski definition) is 0. The molecule has 2 nitrogen and oxygen atoms in total. The number of hydrogen-bond acceptors (Lipinski definition) is 2. The number of aryl methyl sites for hydroxylation is 1. The molecule has 0 radical (unpaired) electrons. The molecule has 35 heavy (non-hydrogen) atoms. The molecule has 1 atom stereocenters. The molecule has 0 N–H and O–H groups in total. The van der Waals surface area contributed by atoms with Gasteiger partial charge in [-0.3, -0.25) is 0 Å². The zero-order chi connectivity index (χ0) is 24.9. The molecule has 1 fully saturated rings. The van der Waals surface area contributed by atoms with Crippen molar-refractivity contribution in [2.24, 2.45) is 11.8 Å². The van der Waals surface area contributed by atoms with Crippen molar-refractivity contribution >= 4 is 5.97 Å². The average Bonchev–Trinajstić information content (AvgIpc) is 2.89. The van der Waals surface area contributed by atoms with Crippen molar-refractivity contribution in [3.05, 3.63) is 77.9 Å². The Morgan fingerprint density at radius 3 is 2.20 bits per heavy atom. The number of carbonyl (C=O) groups excluding carboxylic acids is 1. The van der Waals surface area contributed by atoms with Gasteiger partial charge >= 0.3 is 5.97 Å². The Labute approximate surface area is 214 Å². The highest BCUT2D eigenvalue weighted by atomic mass is 16.5. The van der Waals surface area contributed by atoms with E-state index in [2.05, 4.69) is 50.8 Å². The lowest BCUT2D eigenvalue weighted by Crippen LogP contribution is -2.20. The van der Waals surface area contributed by atoms with Crippen molar-refractivity contribution in [3.8, 4) is 5.75 Å². The predicted molar refractivity (Wildman–Crippen MR) is 148 cm³/mol. The van der Waals surface area contributed by atoms with Crippen molar-refractivity contribution < 1.29 is 9.53 Å². The molecule has 0 heterocycles. The summed E-state index contributed by atoms with van der Waals surface area (Å²) in [5.41, 5.74) is 3.23. The second-order valence-corrected chi connectivity index (χ2v) is 10.5. The van der Waals surface area contributed by atoms with Crippen LogP contribution in [0.4, 0.5) is 0 Å². The third kappa shape index (κ3) is 8.67. The molecule has 2 heteroatoms. The van der Waals surface area contributed by atoms with Crippen LogP contribution in [-0.2, 0) is 6.42 Å². The smallest absolute Gasteiger partial charge is 0.343 e. The number of benzene rings is 2. The van der Waals surface area contributed by atoms with Gasteiger partial charge in [0.15, 0.2) is 0 Å². The summed E-state index contributed by atoms with van der Waals surface area (Å²) < 4.78 is 5.64. The fourth-order valence-electron chi connectivity index (χ4n) is 5.68. The minimum absolute atomic E-state index is 0.289. The van der Waals surface area contributed by atoms with Crippen molar-refractivity contribution in [3.63, 3.8) is 0 Å². The van der Waals surface area contributed by atoms with Crippen LogP contribution in [-0.4, -0.2) is 5.97 Å². The zero-order valence-corrected chi connectivity index (χ0v) is 22.1. The fourth-order valence-corrected chi connectivity index (χ4v) is 5.68. The molecule has 1 unspecified atom stereocenters. The number of ether oxygens (including phenoxy) is 1. The summed E-state index contributed by atoms with van der Waals surface area (Å²) in [7, 11) is 0. The number of unbranched alkanes of at least 4 members (excludes halogenated alkanes) is 4. The Balaban J connectivity index is 1.55. The lowest BCUT2D eigenvalue weighted by molar-refractivity contribution is 0.0734. The minimum atomic E-state index is -0.289. The molecule has 0 saturated heterocycles. The van der Waals surface area contributed by atoms with Gasteiger partial charge in [0.25, 0.3) is 0 Å². The van der Waals surface area contributed by atoms with Crippen LogP contribution in [0.25, 0.3) is 0 Å². The van der Waals surface area contributed by atoms with E-state index >= 15 is 0 Å². The van der Waals surface area contributed by atoms with E-state index < -0.39 is 0 Å². The van der Waals surface area contributed by atoms with Crippen LogP contribution in [0.15, 0.2) is 61.2 Å². The van der Waals surface area contributed by atoms with Gasteiger partial charge in [-0.2, -0.15) is 0 Å². The second kappa shape index (κ2) is 14.9. The lowest BCUT2D eigenvalue weighted by Gasteiger charge is -2.34. The Morgan fingerprint density at radius 2 is 1.57 bits per heavy atom. The number of carbonyl (C=O) groups is 1. The number of allylic oxidation sites excluding steroid dienone is 1. The third-order valence-corrected chi connectivity index (χ3v) is 7.87. The number of esters is 1. The third-order valence-electron chi connectivity index (χ3n) is 7.87. The van der Waals surface area contributed by atoms with Crippen molar-refractivity contribution in [2.45, 2.75) is 103 Å². The van der Waals surface area contributed by atoms with Gasteiger partial charge < -0.3 is 4.74 Å². The first-order chi connectivity index (χ1) is 17.1. The van der Waals surface area contributed by atoms with Crippen LogP contribution < -0.4 is 4.74 Å². The van der Waals surface area contributed by atoms with Gasteiger partial charge in [-0.25, -0.2) is 4.79 Å². The summed E-state index contributed by atoms with van der Waals surface area (Å²) in [4.78, 5) is 12.7. The first kappa shape index (κ1) is 27.2. The summed E-state index contributed by atoms with van der Waals surface area (Å²) in [6.45, 7) is 8.53. The molecule has 1 saturated carbocycles. The molecule has 0 amide bonds. The van der Waals surface area contributed by atoms with Gasteiger partial charge in [0.05, 0.1) is 5.56 Å². The summed E-state index contributed by atoms with van der Waals surface area (Å²) in [6, 6.07) is 16.1. The molecular formula is C33H46O2. The van der Waals surface area contributed by atoms with Crippen LogP contribution in [0.1, 0.15) is 118 Å². The van der Waals surface area contributed by atoms with Crippen LogP contribution in [0.2, 0.25) is 0 Å². The van der Waals surface area contributed by atoms with Crippen LogP contribution in [0.3, 0.4) is 0 Å². The molecule has 1 aliphatic carbocycles. The van der Waals surface area contributed by atoms with Gasteiger partial charge in [-0.05, 0) is 85.3 Å². The van der Waals surface area contributed by atoms with E-state index in [1.54, 1.807) is 0 Å². The normalized spacial score (nSPS) is 18.7. The highest BCUT2D eigenvalue weighted by molar-refractivity contribution is 5.91. The molecule has 0 aromatic heterocycles. The molecule has 2 aromatic rings. The quantitative estimate of drug-likeness (QED) is 0.118. The van der Waals surface area contributed by atoms with Crippen molar-refractivity contribution in [1.82, 2.24) is 0 Å². The maximum Gasteiger partial charge on any atom is 0.343 e. The van der Waals surface area contributed by atoms with Gasteiger partial charge in [0.1, 0.15) is 5.75 Å². The Bertz CT molecular complexity index is 872. The van der Waals surface area contributed by atoms with E-state index in [9.17, 15) is 4.79 Å². The molecule has 0 aliphatic heterocycles. The minimum Gasteiger partial charge on any atom is -0.423 e. The van der Waals surface area contributed by atoms with Crippen molar-refractivity contribution in [1.29, 1.82) is 0 Å². The standard InChI is InChI=1S/C33H46O2/c1-4-7-9-12-26-14-18-28(19-15-26)32(11-6-3)29-20-22-30(23-21-29)33(34)35-31-24-16-27(17-25-31)13-10-8-5-2/h6,16-17,20-26,28,32H,3-5,7-15,18-19H2,1-2H3. The molecule has 190 valence electrons. The van der Waals surface area contributed by atoms with E-state index in [-0.39, 0.29) is 5.97 Å². The Hall–Kier alpha value is -2.35. The summed E-state index contributed by atoms with van der Waals surface area (Å²) in [5, 5.41) is 0. The SMILES string of the molecule is C=CCC(c1ccc(C(=O)Oc2ccc(CCCCC)cc2)cc1)C1CCC(CCCCC)CC1. The highest BCUT2D eigenvalue weighted by Gasteiger charge is 2.28. The van der Waals surface area contributed by atoms with Gasteiger partial charge in [-0.1, -0.05) is 95.6 Å².